The number of ether oxygens (including phenoxy) is 1. The molecule has 28 heavy (non-hydrogen) atoms. The molecule has 0 spiro atoms. The lowest BCUT2D eigenvalue weighted by molar-refractivity contribution is -0.207. The van der Waals surface area contributed by atoms with Crippen molar-refractivity contribution in [3.63, 3.8) is 0 Å². The molecule has 0 radical (unpaired) electrons. The summed E-state index contributed by atoms with van der Waals surface area (Å²) >= 11 is 4.99. The zero-order valence-electron chi connectivity index (χ0n) is 14.7. The highest BCUT2D eigenvalue weighted by Crippen LogP contribution is 2.38. The van der Waals surface area contributed by atoms with Gasteiger partial charge in [-0.3, -0.25) is 9.69 Å². The Balaban J connectivity index is 1.89. The Kier molecular flexibility index (Phi) is 6.00. The molecule has 1 aliphatic heterocycles. The van der Waals surface area contributed by atoms with Gasteiger partial charge in [-0.05, 0) is 29.8 Å². The summed E-state index contributed by atoms with van der Waals surface area (Å²) in [5.41, 5.74) is 0.842. The van der Waals surface area contributed by atoms with Crippen molar-refractivity contribution in [3.05, 3.63) is 71.8 Å². The minimum atomic E-state index is -4.96. The molecule has 3 atom stereocenters. The Bertz CT molecular complexity index is 830. The van der Waals surface area contributed by atoms with E-state index in [9.17, 15) is 23.1 Å². The van der Waals surface area contributed by atoms with Crippen LogP contribution in [0.15, 0.2) is 60.7 Å². The number of aliphatic hydroxyl groups is 1. The van der Waals surface area contributed by atoms with Crippen molar-refractivity contribution in [1.82, 2.24) is 4.90 Å². The van der Waals surface area contributed by atoms with Crippen LogP contribution in [0, 0.1) is 5.92 Å². The van der Waals surface area contributed by atoms with Gasteiger partial charge in [0, 0.05) is 0 Å². The third-order valence-electron chi connectivity index (χ3n) is 4.59. The van der Waals surface area contributed by atoms with E-state index in [1.54, 1.807) is 18.2 Å². The summed E-state index contributed by atoms with van der Waals surface area (Å²) in [6.07, 6.45) is -6.71. The molecule has 1 fully saturated rings. The topological polar surface area (TPSA) is 49.8 Å². The van der Waals surface area contributed by atoms with Crippen LogP contribution in [0.2, 0.25) is 0 Å². The molecular weight excluding hydrogens is 391 g/mol. The van der Waals surface area contributed by atoms with Crippen molar-refractivity contribution in [1.29, 1.82) is 0 Å². The van der Waals surface area contributed by atoms with Crippen LogP contribution in [0.3, 0.4) is 0 Å². The lowest BCUT2D eigenvalue weighted by Gasteiger charge is -2.30. The third kappa shape index (κ3) is 4.34. The Morgan fingerprint density at radius 3 is 2.29 bits per heavy atom. The van der Waals surface area contributed by atoms with E-state index in [1.807, 2.05) is 18.2 Å². The van der Waals surface area contributed by atoms with Gasteiger partial charge in [-0.15, -0.1) is 0 Å². The molecule has 3 rings (SSSR count). The number of amides is 1. The first-order valence-electron chi connectivity index (χ1n) is 8.62. The maximum absolute atomic E-state index is 13.7. The number of carbonyl (C=O) groups excluding carboxylic acids is 1. The van der Waals surface area contributed by atoms with Crippen LogP contribution in [-0.2, 0) is 16.0 Å². The Labute approximate surface area is 165 Å². The number of alkyl halides is 3. The number of thiocarbonyl (C=S) groups is 1. The summed E-state index contributed by atoms with van der Waals surface area (Å²) in [5, 5.41) is 10.1. The standard InChI is InChI=1S/C20H18F3NO3S/c21-20(22,23)16(17(25)14-9-5-2-6-10-14)18(26)24-15(12-27-19(24)28)11-13-7-3-1-4-8-13/h1-10,15-17,25H,11-12H2/t15-,16-,17+/m0/s1. The van der Waals surface area contributed by atoms with Gasteiger partial charge in [-0.1, -0.05) is 60.7 Å². The van der Waals surface area contributed by atoms with Gasteiger partial charge in [0.25, 0.3) is 5.17 Å². The first kappa shape index (κ1) is 20.3. The Morgan fingerprint density at radius 1 is 1.14 bits per heavy atom. The molecule has 1 aliphatic rings. The number of hydrogen-bond acceptors (Lipinski definition) is 4. The average molecular weight is 409 g/mol. The van der Waals surface area contributed by atoms with Gasteiger partial charge in [0.1, 0.15) is 6.61 Å². The molecule has 2 aromatic rings. The SMILES string of the molecule is O=C([C@H]([C@H](O)c1ccccc1)C(F)(F)F)N1C(=S)OC[C@@H]1Cc1ccccc1. The van der Waals surface area contributed by atoms with E-state index >= 15 is 0 Å². The van der Waals surface area contributed by atoms with Crippen LogP contribution in [0.1, 0.15) is 17.2 Å². The number of benzene rings is 2. The van der Waals surface area contributed by atoms with E-state index in [4.69, 9.17) is 17.0 Å². The third-order valence-corrected chi connectivity index (χ3v) is 4.90. The molecule has 8 heteroatoms. The summed E-state index contributed by atoms with van der Waals surface area (Å²) < 4.78 is 46.5. The maximum Gasteiger partial charge on any atom is 0.403 e. The number of carbonyl (C=O) groups is 1. The second-order valence-electron chi connectivity index (χ2n) is 6.50. The van der Waals surface area contributed by atoms with Crippen LogP contribution >= 0.6 is 12.2 Å². The highest BCUT2D eigenvalue weighted by atomic mass is 32.1. The smallest absolute Gasteiger partial charge is 0.403 e. The van der Waals surface area contributed by atoms with Crippen molar-refractivity contribution in [2.45, 2.75) is 24.7 Å². The summed E-state index contributed by atoms with van der Waals surface area (Å²) in [5.74, 6) is -3.96. The number of aliphatic hydroxyl groups excluding tert-OH is 1. The van der Waals surface area contributed by atoms with Crippen molar-refractivity contribution in [2.75, 3.05) is 6.61 Å². The molecular formula is C20H18F3NO3S. The van der Waals surface area contributed by atoms with E-state index in [0.29, 0.717) is 6.42 Å². The molecule has 0 unspecified atom stereocenters. The number of halogens is 3. The van der Waals surface area contributed by atoms with Crippen LogP contribution in [-0.4, -0.2) is 39.9 Å². The van der Waals surface area contributed by atoms with Gasteiger partial charge in [-0.25, -0.2) is 0 Å². The van der Waals surface area contributed by atoms with Gasteiger partial charge in [0.15, 0.2) is 5.92 Å². The molecule has 0 aromatic heterocycles. The number of nitrogens with zero attached hydrogens (tertiary/aromatic N) is 1. The molecule has 4 nitrogen and oxygen atoms in total. The highest BCUT2D eigenvalue weighted by Gasteiger charge is 2.54. The molecule has 0 saturated carbocycles. The van der Waals surface area contributed by atoms with Crippen molar-refractivity contribution >= 4 is 23.3 Å². The monoisotopic (exact) mass is 409 g/mol. The van der Waals surface area contributed by atoms with Crippen LogP contribution in [0.4, 0.5) is 13.2 Å². The van der Waals surface area contributed by atoms with Crippen LogP contribution in [0.25, 0.3) is 0 Å². The van der Waals surface area contributed by atoms with Crippen LogP contribution in [0.5, 0.6) is 0 Å². The van der Waals surface area contributed by atoms with Gasteiger partial charge in [0.2, 0.25) is 5.91 Å². The van der Waals surface area contributed by atoms with E-state index in [1.165, 1.54) is 24.3 Å². The zero-order chi connectivity index (χ0) is 20.3. The fourth-order valence-electron chi connectivity index (χ4n) is 3.21. The Hall–Kier alpha value is -2.45. The van der Waals surface area contributed by atoms with Gasteiger partial charge in [-0.2, -0.15) is 13.2 Å². The predicted molar refractivity (Wildman–Crippen MR) is 100 cm³/mol. The van der Waals surface area contributed by atoms with E-state index in [0.717, 1.165) is 10.5 Å². The first-order valence-corrected chi connectivity index (χ1v) is 9.03. The highest BCUT2D eigenvalue weighted by molar-refractivity contribution is 7.80. The van der Waals surface area contributed by atoms with Crippen LogP contribution < -0.4 is 0 Å². The summed E-state index contributed by atoms with van der Waals surface area (Å²) in [7, 11) is 0. The largest absolute Gasteiger partial charge is 0.468 e. The molecule has 0 aliphatic carbocycles. The lowest BCUT2D eigenvalue weighted by Crippen LogP contribution is -2.49. The number of rotatable bonds is 5. The van der Waals surface area contributed by atoms with Crippen molar-refractivity contribution in [2.24, 2.45) is 5.92 Å². The zero-order valence-corrected chi connectivity index (χ0v) is 15.5. The molecule has 1 heterocycles. The predicted octanol–water partition coefficient (Wildman–Crippen LogP) is 3.65. The Morgan fingerprint density at radius 2 is 1.71 bits per heavy atom. The molecule has 1 N–H and O–H groups in total. The molecule has 0 bridgehead atoms. The summed E-state index contributed by atoms with van der Waals surface area (Å²) in [4.78, 5) is 13.8. The average Bonchev–Trinajstić information content (AvgIpc) is 3.02. The van der Waals surface area contributed by atoms with E-state index in [2.05, 4.69) is 0 Å². The molecule has 1 amide bonds. The fraction of sp³-hybridized carbons (Fsp3) is 0.300. The quantitative estimate of drug-likeness (QED) is 0.766. The van der Waals surface area contributed by atoms with E-state index < -0.39 is 30.1 Å². The minimum absolute atomic E-state index is 0.00354. The lowest BCUT2D eigenvalue weighted by atomic mass is 9.93. The normalized spacial score (nSPS) is 19.2. The maximum atomic E-state index is 13.7. The molecule has 2 aromatic carbocycles. The summed E-state index contributed by atoms with van der Waals surface area (Å²) in [6, 6.07) is 15.7. The molecule has 1 saturated heterocycles. The molecule has 148 valence electrons. The fourth-order valence-corrected chi connectivity index (χ4v) is 3.52. The second-order valence-corrected chi connectivity index (χ2v) is 6.85. The van der Waals surface area contributed by atoms with Gasteiger partial charge in [0.05, 0.1) is 12.1 Å². The van der Waals surface area contributed by atoms with Gasteiger partial charge >= 0.3 is 6.18 Å². The van der Waals surface area contributed by atoms with Crippen molar-refractivity contribution in [3.8, 4) is 0 Å². The van der Waals surface area contributed by atoms with Crippen molar-refractivity contribution < 1.29 is 27.8 Å². The second kappa shape index (κ2) is 8.28. The first-order chi connectivity index (χ1) is 13.3. The minimum Gasteiger partial charge on any atom is -0.468 e. The number of hydrogen-bond donors (Lipinski definition) is 1. The summed E-state index contributed by atoms with van der Waals surface area (Å²) in [6.45, 7) is 0.00543. The van der Waals surface area contributed by atoms with Gasteiger partial charge < -0.3 is 9.84 Å². The van der Waals surface area contributed by atoms with E-state index in [-0.39, 0.29) is 17.3 Å².